The first-order valence-electron chi connectivity index (χ1n) is 16.4. The summed E-state index contributed by atoms with van der Waals surface area (Å²) < 4.78 is 27.4. The van der Waals surface area contributed by atoms with Crippen LogP contribution in [0.25, 0.3) is 16.8 Å². The van der Waals surface area contributed by atoms with Crippen molar-refractivity contribution >= 4 is 17.5 Å². The third-order valence-electron chi connectivity index (χ3n) is 9.34. The Hall–Kier alpha value is -5.29. The molecule has 2 aromatic carbocycles. The number of aryl methyl sites for hydroxylation is 1. The first kappa shape index (κ1) is 32.3. The molecule has 10 nitrogen and oxygen atoms in total. The van der Waals surface area contributed by atoms with E-state index in [-0.39, 0.29) is 36.3 Å². The van der Waals surface area contributed by atoms with Crippen molar-refractivity contribution in [2.75, 3.05) is 13.1 Å². The van der Waals surface area contributed by atoms with Gasteiger partial charge in [0.2, 0.25) is 5.88 Å². The highest BCUT2D eigenvalue weighted by Gasteiger charge is 2.59. The van der Waals surface area contributed by atoms with E-state index >= 15 is 0 Å². The third kappa shape index (κ3) is 6.71. The van der Waals surface area contributed by atoms with Gasteiger partial charge in [-0.05, 0) is 87.4 Å². The van der Waals surface area contributed by atoms with Crippen molar-refractivity contribution in [3.8, 4) is 17.1 Å². The molecule has 1 saturated carbocycles. The number of carbonyl (C=O) groups excluding carboxylic acids is 2. The number of nitrogens with zero attached hydrogens (tertiary/aromatic N) is 4. The Balaban J connectivity index is 1.07. The predicted molar refractivity (Wildman–Crippen MR) is 180 cm³/mol. The lowest BCUT2D eigenvalue weighted by molar-refractivity contribution is 0.0751. The fraction of sp³-hybridized carbons (Fsp3) is 0.316. The van der Waals surface area contributed by atoms with Gasteiger partial charge >= 0.3 is 6.09 Å². The van der Waals surface area contributed by atoms with Gasteiger partial charge in [-0.25, -0.2) is 18.7 Å². The van der Waals surface area contributed by atoms with E-state index in [0.717, 1.165) is 22.3 Å². The van der Waals surface area contributed by atoms with E-state index in [0.29, 0.717) is 41.5 Å². The first-order valence-corrected chi connectivity index (χ1v) is 16.4. The zero-order valence-electron chi connectivity index (χ0n) is 27.8. The highest BCUT2D eigenvalue weighted by Crippen LogP contribution is 2.48. The molecule has 7 rings (SSSR count). The average Bonchev–Trinajstić information content (AvgIpc) is 3.36. The minimum Gasteiger partial charge on any atom is -0.474 e. The van der Waals surface area contributed by atoms with Crippen LogP contribution < -0.4 is 10.1 Å². The summed E-state index contributed by atoms with van der Waals surface area (Å²) >= 11 is 0. The lowest BCUT2D eigenvalue weighted by atomic mass is 9.93. The second kappa shape index (κ2) is 12.6. The SMILES string of the molecule is Cc1cc2cc(C(=O)N3C[C@@H]4C(Oc5cc(C(C)(C)NC(=O)OCc6ccccc6)cc(-c6ccc(F)cc6)n5)[C@@H]4C3)cc(C(C)O)n2n1. The highest BCUT2D eigenvalue weighted by atomic mass is 19.1. The Labute approximate surface area is 283 Å². The molecule has 3 aromatic heterocycles. The molecule has 1 saturated heterocycles. The molecule has 5 aromatic rings. The molecule has 1 aliphatic carbocycles. The summed E-state index contributed by atoms with van der Waals surface area (Å²) in [5, 5.41) is 17.8. The Kier molecular flexibility index (Phi) is 8.32. The van der Waals surface area contributed by atoms with E-state index in [1.165, 1.54) is 12.1 Å². The van der Waals surface area contributed by atoms with Gasteiger partial charge in [-0.3, -0.25) is 4.79 Å². The van der Waals surface area contributed by atoms with Crippen LogP contribution in [-0.4, -0.2) is 55.8 Å². The number of fused-ring (bicyclic) bond motifs is 2. The van der Waals surface area contributed by atoms with Crippen LogP contribution >= 0.6 is 0 Å². The van der Waals surface area contributed by atoms with Gasteiger partial charge < -0.3 is 24.8 Å². The summed E-state index contributed by atoms with van der Waals surface area (Å²) in [6, 6.07) is 24.6. The van der Waals surface area contributed by atoms with Crippen LogP contribution in [0.3, 0.4) is 0 Å². The van der Waals surface area contributed by atoms with Crippen LogP contribution in [0.5, 0.6) is 5.88 Å². The summed E-state index contributed by atoms with van der Waals surface area (Å²) in [7, 11) is 0. The highest BCUT2D eigenvalue weighted by molar-refractivity contribution is 5.96. The smallest absolute Gasteiger partial charge is 0.408 e. The van der Waals surface area contributed by atoms with E-state index in [1.807, 2.05) is 80.3 Å². The number of aliphatic hydroxyl groups is 1. The van der Waals surface area contributed by atoms with Crippen molar-refractivity contribution in [1.82, 2.24) is 24.8 Å². The number of aliphatic hydroxyl groups excluding tert-OH is 1. The molecule has 1 aliphatic heterocycles. The quantitative estimate of drug-likeness (QED) is 0.193. The number of nitrogens with one attached hydrogen (secondary N) is 1. The van der Waals surface area contributed by atoms with Gasteiger partial charge in [0.25, 0.3) is 5.91 Å². The van der Waals surface area contributed by atoms with Crippen molar-refractivity contribution in [2.45, 2.75) is 52.0 Å². The third-order valence-corrected chi connectivity index (χ3v) is 9.34. The minimum atomic E-state index is -0.869. The number of hydrogen-bond donors (Lipinski definition) is 2. The number of alkyl carbamates (subject to hydrolysis) is 1. The molecule has 252 valence electrons. The zero-order valence-corrected chi connectivity index (χ0v) is 27.8. The lowest BCUT2D eigenvalue weighted by Gasteiger charge is -2.27. The summed E-state index contributed by atoms with van der Waals surface area (Å²) in [4.78, 5) is 33.0. The maximum absolute atomic E-state index is 13.8. The van der Waals surface area contributed by atoms with Gasteiger partial charge in [-0.15, -0.1) is 0 Å². The molecule has 2 aliphatic rings. The number of piperidine rings is 1. The lowest BCUT2D eigenvalue weighted by Crippen LogP contribution is -2.41. The van der Waals surface area contributed by atoms with Crippen molar-refractivity contribution in [3.05, 3.63) is 119 Å². The molecule has 2 N–H and O–H groups in total. The van der Waals surface area contributed by atoms with E-state index in [2.05, 4.69) is 10.4 Å². The van der Waals surface area contributed by atoms with Crippen LogP contribution in [-0.2, 0) is 16.9 Å². The Morgan fingerprint density at radius 1 is 1.02 bits per heavy atom. The summed E-state index contributed by atoms with van der Waals surface area (Å²) in [5.74, 6) is 0.205. The van der Waals surface area contributed by atoms with E-state index in [1.54, 1.807) is 29.6 Å². The number of amides is 2. The standard InChI is InChI=1S/C38H38FN5O5/c1-22-14-29-15-26(16-33(23(2)45)44(29)42-22)36(46)43-19-30-31(20-43)35(30)49-34-18-27(17-32(40-34)25-10-12-28(39)13-11-25)38(3,4)41-37(47)48-21-24-8-6-5-7-9-24/h5-18,23,30-31,35,45H,19-21H2,1-4H3,(H,41,47)/t23?,30-,31+,35?. The molecule has 2 unspecified atom stereocenters. The van der Waals surface area contributed by atoms with Gasteiger partial charge in [-0.2, -0.15) is 5.10 Å². The van der Waals surface area contributed by atoms with Gasteiger partial charge in [0.05, 0.1) is 34.2 Å². The number of halogens is 1. The molecule has 0 radical (unpaired) electrons. The van der Waals surface area contributed by atoms with Crippen LogP contribution in [0.2, 0.25) is 0 Å². The van der Waals surface area contributed by atoms with Crippen molar-refractivity contribution in [3.63, 3.8) is 0 Å². The average molecular weight is 664 g/mol. The van der Waals surface area contributed by atoms with E-state index in [4.69, 9.17) is 14.5 Å². The summed E-state index contributed by atoms with van der Waals surface area (Å²) in [5.41, 5.74) is 4.64. The molecule has 2 fully saturated rings. The molecule has 4 heterocycles. The fourth-order valence-electron chi connectivity index (χ4n) is 6.59. The number of carbonyl (C=O) groups is 2. The summed E-state index contributed by atoms with van der Waals surface area (Å²) in [6.07, 6.45) is -1.49. The van der Waals surface area contributed by atoms with Crippen molar-refractivity contribution < 1.29 is 28.6 Å². The number of aromatic nitrogens is 3. The molecule has 49 heavy (non-hydrogen) atoms. The second-order valence-electron chi connectivity index (χ2n) is 13.5. The molecular weight excluding hydrogens is 625 g/mol. The topological polar surface area (TPSA) is 118 Å². The molecule has 0 bridgehead atoms. The molecule has 2 amide bonds. The number of pyridine rings is 2. The number of rotatable bonds is 9. The van der Waals surface area contributed by atoms with E-state index < -0.39 is 17.7 Å². The van der Waals surface area contributed by atoms with Gasteiger partial charge in [0.1, 0.15) is 18.5 Å². The van der Waals surface area contributed by atoms with Crippen LogP contribution in [0, 0.1) is 24.6 Å². The molecule has 4 atom stereocenters. The summed E-state index contributed by atoms with van der Waals surface area (Å²) in [6.45, 7) is 8.47. The Morgan fingerprint density at radius 2 is 1.73 bits per heavy atom. The molecular formula is C38H38FN5O5. The number of ether oxygens (including phenoxy) is 2. The molecule has 0 spiro atoms. The largest absolute Gasteiger partial charge is 0.474 e. The number of hydrogen-bond acceptors (Lipinski definition) is 7. The maximum Gasteiger partial charge on any atom is 0.408 e. The maximum atomic E-state index is 13.8. The monoisotopic (exact) mass is 663 g/mol. The van der Waals surface area contributed by atoms with Gasteiger partial charge in [0.15, 0.2) is 0 Å². The minimum absolute atomic E-state index is 0.0973. The Morgan fingerprint density at radius 3 is 2.43 bits per heavy atom. The van der Waals surface area contributed by atoms with Crippen LogP contribution in [0.15, 0.2) is 84.9 Å². The van der Waals surface area contributed by atoms with Crippen LogP contribution in [0.1, 0.15) is 59.7 Å². The fourth-order valence-corrected chi connectivity index (χ4v) is 6.59. The zero-order chi connectivity index (χ0) is 34.4. The predicted octanol–water partition coefficient (Wildman–Crippen LogP) is 6.21. The number of likely N-dealkylation sites (tertiary alicyclic amines) is 1. The van der Waals surface area contributed by atoms with Crippen LogP contribution in [0.4, 0.5) is 9.18 Å². The van der Waals surface area contributed by atoms with Crippen molar-refractivity contribution in [2.24, 2.45) is 11.8 Å². The first-order chi connectivity index (χ1) is 23.4. The normalized spacial score (nSPS) is 19.0. The number of benzene rings is 2. The second-order valence-corrected chi connectivity index (χ2v) is 13.5. The Bertz CT molecular complexity index is 2020. The van der Waals surface area contributed by atoms with E-state index in [9.17, 15) is 19.1 Å². The van der Waals surface area contributed by atoms with Gasteiger partial charge in [0, 0.05) is 42.1 Å². The van der Waals surface area contributed by atoms with Gasteiger partial charge in [-0.1, -0.05) is 30.3 Å². The molecule has 11 heteroatoms. The van der Waals surface area contributed by atoms with Crippen molar-refractivity contribution in [1.29, 1.82) is 0 Å².